The van der Waals surface area contributed by atoms with Crippen LogP contribution in [0, 0.1) is 0 Å². The number of hydrogen-bond acceptors (Lipinski definition) is 21. The van der Waals surface area contributed by atoms with Gasteiger partial charge in [-0.2, -0.15) is 9.97 Å². The number of aromatic nitrogens is 8. The average Bonchev–Trinajstić information content (AvgIpc) is 2.24. The Morgan fingerprint density at radius 2 is 1.10 bits per heavy atom. The summed E-state index contributed by atoms with van der Waals surface area (Å²) in [6, 6.07) is 9.47. The highest BCUT2D eigenvalue weighted by molar-refractivity contribution is 7.89. The van der Waals surface area contributed by atoms with E-state index in [2.05, 4.69) is 61.2 Å². The van der Waals surface area contributed by atoms with Crippen molar-refractivity contribution in [3.8, 4) is 0 Å². The lowest BCUT2D eigenvalue weighted by Gasteiger charge is -2.28. The number of benzene rings is 2. The first kappa shape index (κ1) is 61.5. The number of nitrogens with one attached hydrogen (secondary N) is 8. The van der Waals surface area contributed by atoms with Crippen LogP contribution in [0.15, 0.2) is 75.8 Å². The Labute approximate surface area is 476 Å². The number of carbonyl (C=O) groups excluding carboxylic acids is 8. The normalized spacial score (nSPS) is 13.1. The highest BCUT2D eigenvalue weighted by Gasteiger charge is 2.27. The molecule has 2 aromatic carbocycles. The monoisotopic (exact) mass is 1190 g/mol. The van der Waals surface area contributed by atoms with Crippen molar-refractivity contribution in [3.63, 3.8) is 0 Å². The van der Waals surface area contributed by atoms with Gasteiger partial charge in [0, 0.05) is 89.1 Å². The van der Waals surface area contributed by atoms with Crippen LogP contribution in [-0.2, 0) is 56.7 Å². The van der Waals surface area contributed by atoms with Crippen molar-refractivity contribution in [3.05, 3.63) is 82.0 Å². The molecule has 7 rings (SSSR count). The quantitative estimate of drug-likeness (QED) is 0.0203. The van der Waals surface area contributed by atoms with Crippen LogP contribution in [0.1, 0.15) is 0 Å². The van der Waals surface area contributed by atoms with Crippen LogP contribution in [0.2, 0.25) is 0 Å². The summed E-state index contributed by atoms with van der Waals surface area (Å²) < 4.78 is 31.9. The van der Waals surface area contributed by atoms with E-state index >= 15 is 0 Å². The molecule has 0 bridgehead atoms. The second-order valence-electron chi connectivity index (χ2n) is 18.9. The lowest BCUT2D eigenvalue weighted by atomic mass is 10.1. The number of fused-ring (bicyclic) bond motifs is 3. The third-order valence-electron chi connectivity index (χ3n) is 12.7. The lowest BCUT2D eigenvalue weighted by molar-refractivity contribution is -0.137. The van der Waals surface area contributed by atoms with E-state index in [4.69, 9.17) is 22.9 Å². The number of H-pyrrole nitrogens is 2. The Bertz CT molecular complexity index is 3750. The highest BCUT2D eigenvalue weighted by Crippen LogP contribution is 2.30. The molecule has 448 valence electrons. The molecule has 6 aromatic rings. The third-order valence-corrected chi connectivity index (χ3v) is 14.2. The minimum Gasteiger partial charge on any atom is -0.377 e. The van der Waals surface area contributed by atoms with E-state index in [0.717, 1.165) is 31.6 Å². The summed E-state index contributed by atoms with van der Waals surface area (Å²) in [5.41, 5.74) is 21.8. The van der Waals surface area contributed by atoms with Crippen molar-refractivity contribution in [2.75, 3.05) is 116 Å². The highest BCUT2D eigenvalue weighted by atomic mass is 32.2. The number of nitrogens with two attached hydrogens (primary N) is 4. The summed E-state index contributed by atoms with van der Waals surface area (Å²) in [6.45, 7) is -5.78. The Morgan fingerprint density at radius 3 is 1.58 bits per heavy atom. The molecule has 0 saturated carbocycles. The van der Waals surface area contributed by atoms with Gasteiger partial charge in [0.15, 0.2) is 22.3 Å². The topological polar surface area (TPSA) is 490 Å². The maximum Gasteiger partial charge on any atom is 0.323 e. The molecule has 0 radical (unpaired) electrons. The van der Waals surface area contributed by atoms with Gasteiger partial charge in [-0.15, -0.1) is 0 Å². The predicted molar refractivity (Wildman–Crippen MR) is 302 cm³/mol. The number of nitrogen functional groups attached to an aromatic ring is 2. The van der Waals surface area contributed by atoms with Gasteiger partial charge >= 0.3 is 6.03 Å². The van der Waals surface area contributed by atoms with Crippen LogP contribution in [-0.4, -0.2) is 220 Å². The molecular formula is C48H63N23O12S. The van der Waals surface area contributed by atoms with Crippen LogP contribution >= 0.6 is 0 Å². The minimum atomic E-state index is -4.08. The van der Waals surface area contributed by atoms with E-state index in [-0.39, 0.29) is 98.0 Å². The summed E-state index contributed by atoms with van der Waals surface area (Å²) in [7, 11) is -0.407. The van der Waals surface area contributed by atoms with Gasteiger partial charge in [0.1, 0.15) is 19.6 Å². The van der Waals surface area contributed by atoms with E-state index in [0.29, 0.717) is 10.8 Å². The Morgan fingerprint density at radius 1 is 0.631 bits per heavy atom. The van der Waals surface area contributed by atoms with Gasteiger partial charge in [0.25, 0.3) is 11.1 Å². The fourth-order valence-electron chi connectivity index (χ4n) is 8.55. The first-order valence-electron chi connectivity index (χ1n) is 25.7. The third kappa shape index (κ3) is 15.9. The van der Waals surface area contributed by atoms with Gasteiger partial charge < -0.3 is 78.3 Å². The summed E-state index contributed by atoms with van der Waals surface area (Å²) in [4.78, 5) is 158. The summed E-state index contributed by atoms with van der Waals surface area (Å²) in [5.74, 6) is -5.45. The van der Waals surface area contributed by atoms with Gasteiger partial charge in [-0.25, -0.2) is 27.9 Å². The molecule has 36 heteroatoms. The fourth-order valence-corrected chi connectivity index (χ4v) is 9.80. The number of hydrogen-bond donors (Lipinski definition) is 12. The van der Waals surface area contributed by atoms with Gasteiger partial charge in [0.2, 0.25) is 63.3 Å². The molecule has 16 N–H and O–H groups in total. The van der Waals surface area contributed by atoms with Crippen LogP contribution in [0.4, 0.5) is 22.4 Å². The lowest BCUT2D eigenvalue weighted by Crippen LogP contribution is -2.53. The Hall–Kier alpha value is -10.1. The van der Waals surface area contributed by atoms with Crippen LogP contribution in [0.3, 0.4) is 0 Å². The van der Waals surface area contributed by atoms with E-state index in [1.807, 2.05) is 25.1 Å². The molecule has 0 saturated heterocycles. The van der Waals surface area contributed by atoms with Crippen molar-refractivity contribution in [1.29, 1.82) is 0 Å². The maximum atomic E-state index is 14.1. The van der Waals surface area contributed by atoms with Crippen molar-refractivity contribution < 1.29 is 46.8 Å². The van der Waals surface area contributed by atoms with E-state index < -0.39 is 114 Å². The second kappa shape index (κ2) is 27.6. The molecule has 9 amide bonds. The molecule has 35 nitrogen and oxygen atoms in total. The molecule has 84 heavy (non-hydrogen) atoms. The number of rotatable bonds is 28. The average molecular weight is 1190 g/mol. The van der Waals surface area contributed by atoms with E-state index in [1.165, 1.54) is 33.8 Å². The van der Waals surface area contributed by atoms with Crippen molar-refractivity contribution in [1.82, 2.24) is 89.9 Å². The maximum absolute atomic E-state index is 14.1. The van der Waals surface area contributed by atoms with E-state index in [9.17, 15) is 56.4 Å². The first-order chi connectivity index (χ1) is 40.0. The number of carbonyl (C=O) groups is 8. The molecule has 0 fully saturated rings. The summed E-state index contributed by atoms with van der Waals surface area (Å²) in [6.07, 6.45) is 4.24. The Balaban J connectivity index is 0.999. The molecule has 1 aliphatic rings. The zero-order valence-corrected chi connectivity index (χ0v) is 46.3. The zero-order valence-electron chi connectivity index (χ0n) is 45.5. The molecular weight excluding hydrogens is 1120 g/mol. The zero-order chi connectivity index (χ0) is 60.8. The van der Waals surface area contributed by atoms with Gasteiger partial charge in [-0.3, -0.25) is 58.0 Å². The predicted octanol–water partition coefficient (Wildman–Crippen LogP) is -6.65. The van der Waals surface area contributed by atoms with E-state index in [1.54, 1.807) is 24.3 Å². The number of aromatic amines is 2. The van der Waals surface area contributed by atoms with Crippen LogP contribution < -0.4 is 70.3 Å². The van der Waals surface area contributed by atoms with Gasteiger partial charge in [0.05, 0.1) is 49.9 Å². The van der Waals surface area contributed by atoms with Crippen molar-refractivity contribution >= 4 is 108 Å². The number of amides is 9. The fraction of sp³-hybridized carbons (Fsp3) is 0.375. The van der Waals surface area contributed by atoms with Gasteiger partial charge in [-0.05, 0) is 18.2 Å². The first-order valence-corrected chi connectivity index (χ1v) is 27.2. The molecule has 1 aliphatic heterocycles. The second-order valence-corrected chi connectivity index (χ2v) is 20.6. The molecule has 1 atom stereocenters. The number of imidazole rings is 2. The van der Waals surface area contributed by atoms with Gasteiger partial charge in [-0.1, -0.05) is 24.3 Å². The number of urea groups is 1. The molecule has 0 spiro atoms. The molecule has 4 aromatic heterocycles. The minimum absolute atomic E-state index is 0.00981. The number of sulfonamides is 1. The van der Waals surface area contributed by atoms with Crippen molar-refractivity contribution in [2.24, 2.45) is 11.5 Å². The molecule has 1 unspecified atom stereocenters. The molecule has 0 aliphatic carbocycles. The molecule has 5 heterocycles. The summed E-state index contributed by atoms with van der Waals surface area (Å²) in [5, 5.41) is 13.9. The smallest absolute Gasteiger partial charge is 0.323 e. The van der Waals surface area contributed by atoms with Crippen LogP contribution in [0.5, 0.6) is 0 Å². The number of nitrogens with zero attached hydrogens (tertiary/aromatic N) is 11. The Kier molecular flexibility index (Phi) is 20.2. The summed E-state index contributed by atoms with van der Waals surface area (Å²) >= 11 is 0. The van der Waals surface area contributed by atoms with Crippen LogP contribution in [0.25, 0.3) is 33.1 Å². The SMILES string of the molecule is CN(C)c1cccc2c(S(=O)(=O)NCCNC(=O)CN(CCNC(=O)CN(CCNC(=O)CN(CCNC(=O)CN)C(=O)Cn3cnc4c(=O)[nH]c(N)nc43)C(=O)Cn3cnc4c(=O)[nH]c(N)nc43)C(=O)CN3C=CC(N)NC3=O)cccc12. The number of anilines is 3. The van der Waals surface area contributed by atoms with Crippen molar-refractivity contribution in [2.45, 2.75) is 24.2 Å². The standard InChI is InChI=1S/C48H63N23O12S/c1-65(2)30-7-3-6-29-28(30)5-4-8-31(29)84(82,83)59-11-10-53-34(73)20-66(37(76)23-69-15-9-32(50)60-48(69)81)17-13-55-36(75)22-68(39(78)25-71-27-58-41-43(71)62-47(52)64-45(41)80)18-14-56-35(74)21-67(16-12-54-33(72)19-49)38(77)24-70-26-57-40-42(70)61-46(51)63-44(40)79/h3-9,15,26-27,32,59H,10-14,16-25,49-50H2,1-2H3,(H,53,73)(H,54,72)(H,55,75)(H,56,74)(H,60,81)(H3,51,61,63,79)(H3,52,62,64,80). The largest absolute Gasteiger partial charge is 0.377 e.